The number of benzene rings is 1. The number of nitrogens with one attached hydrogen (secondary N) is 1. The van der Waals surface area contributed by atoms with Gasteiger partial charge in [-0.25, -0.2) is 4.79 Å². The average Bonchev–Trinajstić information content (AvgIpc) is 3.03. The topological polar surface area (TPSA) is 102 Å². The minimum Gasteiger partial charge on any atom is -0.497 e. The first kappa shape index (κ1) is 46.6. The number of Topliss-reactive ketones (excluding diaryl/α,β-unsaturated/α-hetero) is 1. The fourth-order valence-corrected chi connectivity index (χ4v) is 8.83. The number of alkyl carbamates (subject to hydrolysis) is 1. The normalized spacial score (nSPS) is 22.0. The quantitative estimate of drug-likeness (QED) is 0.0834. The fraction of sp³-hybridized carbons (Fsp3) is 0.700. The van der Waals surface area contributed by atoms with E-state index in [2.05, 4.69) is 116 Å². The van der Waals surface area contributed by atoms with Crippen molar-refractivity contribution in [2.45, 2.75) is 148 Å². The third kappa shape index (κ3) is 14.3. The molecule has 1 aliphatic heterocycles. The molecule has 0 aromatic heterocycles. The van der Waals surface area contributed by atoms with E-state index < -0.39 is 28.8 Å². The van der Waals surface area contributed by atoms with Crippen LogP contribution in [0, 0.1) is 11.8 Å². The summed E-state index contributed by atoms with van der Waals surface area (Å²) >= 11 is 2.20. The number of rotatable bonds is 19. The SMILES string of the molecule is C=CCOC(=O)NC[C@H]1O[C@@H]([C@@H](C)CC(=O)C[C@H](C)[C@@H](/C=C/I)OCc2ccc(OC)cc2)[C@@H](O[Si](C)(C)C(C)(C)C)C[C@H]1O[Si](C)(C)C(C)(C)C. The van der Waals surface area contributed by atoms with Gasteiger partial charge >= 0.3 is 6.09 Å². The zero-order valence-corrected chi connectivity index (χ0v) is 38.3. The van der Waals surface area contributed by atoms with Crippen LogP contribution in [0.5, 0.6) is 5.75 Å². The van der Waals surface area contributed by atoms with Gasteiger partial charge in [0.1, 0.15) is 24.2 Å². The van der Waals surface area contributed by atoms with Crippen molar-refractivity contribution >= 4 is 51.1 Å². The fourth-order valence-electron chi connectivity index (χ4n) is 5.72. The maximum atomic E-state index is 13.8. The first-order valence-corrected chi connectivity index (χ1v) is 25.7. The van der Waals surface area contributed by atoms with Gasteiger partial charge in [-0.2, -0.15) is 0 Å². The van der Waals surface area contributed by atoms with Gasteiger partial charge in [0, 0.05) is 25.8 Å². The summed E-state index contributed by atoms with van der Waals surface area (Å²) in [6, 6.07) is 7.82. The lowest BCUT2D eigenvalue weighted by Gasteiger charge is -2.50. The van der Waals surface area contributed by atoms with Crippen molar-refractivity contribution in [3.63, 3.8) is 0 Å². The van der Waals surface area contributed by atoms with Crippen LogP contribution >= 0.6 is 22.6 Å². The number of hydrogen-bond donors (Lipinski definition) is 1. The van der Waals surface area contributed by atoms with E-state index >= 15 is 0 Å². The van der Waals surface area contributed by atoms with Crippen LogP contribution in [0.3, 0.4) is 0 Å². The molecule has 9 nitrogen and oxygen atoms in total. The molecule has 1 aromatic rings. The van der Waals surface area contributed by atoms with Gasteiger partial charge in [-0.1, -0.05) is 103 Å². The van der Waals surface area contributed by atoms with Crippen LogP contribution in [-0.4, -0.2) is 79.3 Å². The van der Waals surface area contributed by atoms with Crippen molar-refractivity contribution in [3.05, 3.63) is 52.6 Å². The van der Waals surface area contributed by atoms with Crippen molar-refractivity contribution in [1.29, 1.82) is 0 Å². The molecule has 12 heteroatoms. The number of ketones is 1. The van der Waals surface area contributed by atoms with Crippen LogP contribution in [0.15, 0.2) is 47.1 Å². The number of ether oxygens (including phenoxy) is 4. The van der Waals surface area contributed by atoms with Crippen molar-refractivity contribution in [2.75, 3.05) is 20.3 Å². The predicted octanol–water partition coefficient (Wildman–Crippen LogP) is 10.0. The van der Waals surface area contributed by atoms with Crippen LogP contribution in [0.4, 0.5) is 4.79 Å². The number of halogens is 1. The standard InChI is InChI=1S/C40H68INO8Si2/c1-15-22-46-38(44)42-26-36-34(49-51(11,12)39(4,5)6)25-35(50-52(13,14)40(7,8)9)37(48-36)29(3)24-31(43)23-28(2)33(20-21-41)47-27-30-16-18-32(45-10)19-17-30/h15-21,28-29,33-37H,1,22-27H2,2-14H3,(H,42,44)/b21-20+/t28-,29-,33+,34+,35-,36+,37-/m0/s1. The Morgan fingerprint density at radius 3 is 2.08 bits per heavy atom. The summed E-state index contributed by atoms with van der Waals surface area (Å²) in [6.45, 7) is 30.8. The van der Waals surface area contributed by atoms with Crippen LogP contribution in [0.2, 0.25) is 36.3 Å². The van der Waals surface area contributed by atoms with E-state index in [0.717, 1.165) is 11.3 Å². The van der Waals surface area contributed by atoms with Gasteiger partial charge in [0.25, 0.3) is 0 Å². The largest absolute Gasteiger partial charge is 0.497 e. The Labute approximate surface area is 330 Å². The Balaban J connectivity index is 2.32. The highest BCUT2D eigenvalue weighted by Gasteiger charge is 2.49. The molecule has 0 spiro atoms. The Bertz CT molecular complexity index is 1310. The molecule has 0 radical (unpaired) electrons. The van der Waals surface area contributed by atoms with Gasteiger partial charge in [0.05, 0.1) is 38.1 Å². The van der Waals surface area contributed by atoms with Crippen molar-refractivity contribution in [2.24, 2.45) is 11.8 Å². The Morgan fingerprint density at radius 2 is 1.56 bits per heavy atom. The monoisotopic (exact) mass is 873 g/mol. The van der Waals surface area contributed by atoms with E-state index in [1.807, 2.05) is 34.4 Å². The number of methoxy groups -OCH3 is 1. The predicted molar refractivity (Wildman–Crippen MR) is 224 cm³/mol. The van der Waals surface area contributed by atoms with Gasteiger partial charge < -0.3 is 33.1 Å². The minimum atomic E-state index is -2.25. The molecule has 1 N–H and O–H groups in total. The number of hydrogen-bond acceptors (Lipinski definition) is 8. The lowest BCUT2D eigenvalue weighted by Crippen LogP contribution is -2.60. The molecule has 52 heavy (non-hydrogen) atoms. The molecule has 7 atom stereocenters. The third-order valence-electron chi connectivity index (χ3n) is 10.9. The molecule has 0 saturated carbocycles. The van der Waals surface area contributed by atoms with Gasteiger partial charge in [-0.3, -0.25) is 4.79 Å². The molecule has 1 saturated heterocycles. The first-order valence-electron chi connectivity index (χ1n) is 18.6. The highest BCUT2D eigenvalue weighted by atomic mass is 127. The van der Waals surface area contributed by atoms with Crippen molar-refractivity contribution in [3.8, 4) is 5.75 Å². The number of carbonyl (C=O) groups is 2. The summed E-state index contributed by atoms with van der Waals surface area (Å²) < 4.78 is 39.8. The lowest BCUT2D eigenvalue weighted by molar-refractivity contribution is -0.175. The zero-order chi connectivity index (χ0) is 39.5. The Morgan fingerprint density at radius 1 is 0.981 bits per heavy atom. The molecule has 1 amide bonds. The molecule has 296 valence electrons. The molecular weight excluding hydrogens is 806 g/mol. The second-order valence-corrected chi connectivity index (χ2v) is 27.6. The number of amides is 1. The maximum absolute atomic E-state index is 13.8. The Kier molecular flexibility index (Phi) is 18.3. The minimum absolute atomic E-state index is 0.0256. The van der Waals surface area contributed by atoms with E-state index in [9.17, 15) is 9.59 Å². The Hall–Kier alpha value is -1.56. The van der Waals surface area contributed by atoms with Crippen LogP contribution in [0.1, 0.15) is 80.2 Å². The molecule has 0 unspecified atom stereocenters. The molecule has 1 aliphatic rings. The van der Waals surface area contributed by atoms with Crippen molar-refractivity contribution in [1.82, 2.24) is 5.32 Å². The highest BCUT2D eigenvalue weighted by molar-refractivity contribution is 14.1. The van der Waals surface area contributed by atoms with E-state index in [1.54, 1.807) is 7.11 Å². The van der Waals surface area contributed by atoms with E-state index in [-0.39, 0.29) is 65.3 Å². The number of carbonyl (C=O) groups excluding carboxylic acids is 2. The lowest BCUT2D eigenvalue weighted by atomic mass is 9.86. The summed E-state index contributed by atoms with van der Waals surface area (Å²) in [5, 5.41) is 2.83. The summed E-state index contributed by atoms with van der Waals surface area (Å²) in [6.07, 6.45) is 2.70. The van der Waals surface area contributed by atoms with Crippen LogP contribution < -0.4 is 10.1 Å². The zero-order valence-electron chi connectivity index (χ0n) is 34.2. The summed E-state index contributed by atoms with van der Waals surface area (Å²) in [4.78, 5) is 26.3. The van der Waals surface area contributed by atoms with E-state index in [4.69, 9.17) is 27.8 Å². The molecule has 1 aromatic carbocycles. The van der Waals surface area contributed by atoms with Gasteiger partial charge in [-0.15, -0.1) is 0 Å². The summed E-state index contributed by atoms with van der Waals surface area (Å²) in [5.41, 5.74) is 1.04. The smallest absolute Gasteiger partial charge is 0.407 e. The van der Waals surface area contributed by atoms with E-state index in [0.29, 0.717) is 25.9 Å². The second kappa shape index (κ2) is 20.4. The molecule has 1 fully saturated rings. The van der Waals surface area contributed by atoms with Crippen LogP contribution in [-0.2, 0) is 34.5 Å². The summed E-state index contributed by atoms with van der Waals surface area (Å²) in [7, 11) is -2.84. The van der Waals surface area contributed by atoms with Crippen molar-refractivity contribution < 1.29 is 37.4 Å². The third-order valence-corrected chi connectivity index (χ3v) is 20.4. The highest BCUT2D eigenvalue weighted by Crippen LogP contribution is 2.43. The molecule has 2 rings (SSSR count). The molecule has 1 heterocycles. The second-order valence-electron chi connectivity index (χ2n) is 17.3. The molecular formula is C40H68INO8Si2. The van der Waals surface area contributed by atoms with Gasteiger partial charge in [0.2, 0.25) is 0 Å². The molecule has 0 bridgehead atoms. The summed E-state index contributed by atoms with van der Waals surface area (Å²) in [5.74, 6) is 0.775. The maximum Gasteiger partial charge on any atom is 0.407 e. The first-order chi connectivity index (χ1) is 24.0. The van der Waals surface area contributed by atoms with Gasteiger partial charge in [-0.05, 0) is 76.0 Å². The van der Waals surface area contributed by atoms with E-state index in [1.165, 1.54) is 6.08 Å². The van der Waals surface area contributed by atoms with Crippen LogP contribution in [0.25, 0.3) is 0 Å². The molecule has 0 aliphatic carbocycles. The van der Waals surface area contributed by atoms with Gasteiger partial charge in [0.15, 0.2) is 16.6 Å². The average molecular weight is 874 g/mol.